The Kier molecular flexibility index (Phi) is 4.67. The fraction of sp³-hybridized carbons (Fsp3) is 0.654. The minimum atomic E-state index is -1.22. The van der Waals surface area contributed by atoms with Gasteiger partial charge in [-0.3, -0.25) is 4.79 Å². The average Bonchev–Trinajstić information content (AvgIpc) is 3.31. The SMILES string of the molecule is CC(C)(O)C1CC(=O)C2(C)C(CCC3(C)C(c4ccoc4)OC(=O)C4OC432)C1(C)/C=C/C(=O)O. The molecule has 2 N–H and O–H groups in total. The van der Waals surface area contributed by atoms with Crippen LogP contribution in [0, 0.1) is 28.1 Å². The van der Waals surface area contributed by atoms with E-state index in [0.29, 0.717) is 12.8 Å². The molecular formula is C26H32O8. The van der Waals surface area contributed by atoms with Crippen molar-refractivity contribution < 1.29 is 38.5 Å². The number of hydrogen-bond donors (Lipinski definition) is 2. The number of ketones is 1. The smallest absolute Gasteiger partial charge is 0.339 e. The molecule has 2 saturated carbocycles. The van der Waals surface area contributed by atoms with Crippen molar-refractivity contribution in [1.29, 1.82) is 0 Å². The number of aliphatic carboxylic acids is 1. The van der Waals surface area contributed by atoms with E-state index in [9.17, 15) is 24.6 Å². The number of hydrogen-bond acceptors (Lipinski definition) is 7. The van der Waals surface area contributed by atoms with Crippen molar-refractivity contribution >= 4 is 17.7 Å². The molecule has 1 spiro atoms. The van der Waals surface area contributed by atoms with E-state index in [0.717, 1.165) is 11.6 Å². The molecule has 0 bridgehead atoms. The molecule has 184 valence electrons. The van der Waals surface area contributed by atoms with E-state index < -0.39 is 57.5 Å². The average molecular weight is 473 g/mol. The fourth-order valence-corrected chi connectivity index (χ4v) is 8.15. The molecule has 4 aliphatic rings. The van der Waals surface area contributed by atoms with Crippen LogP contribution < -0.4 is 0 Å². The molecule has 1 aromatic rings. The van der Waals surface area contributed by atoms with Gasteiger partial charge in [-0.1, -0.05) is 19.9 Å². The first kappa shape index (κ1) is 23.3. The van der Waals surface area contributed by atoms with Crippen LogP contribution in [0.5, 0.6) is 0 Å². The molecule has 0 amide bonds. The monoisotopic (exact) mass is 472 g/mol. The second kappa shape index (κ2) is 6.82. The number of carboxylic acids is 1. The second-order valence-corrected chi connectivity index (χ2v) is 11.7. The predicted molar refractivity (Wildman–Crippen MR) is 118 cm³/mol. The van der Waals surface area contributed by atoms with Gasteiger partial charge < -0.3 is 24.1 Å². The van der Waals surface area contributed by atoms with E-state index in [1.165, 1.54) is 6.26 Å². The van der Waals surface area contributed by atoms with Gasteiger partial charge >= 0.3 is 11.9 Å². The van der Waals surface area contributed by atoms with Crippen molar-refractivity contribution in [2.24, 2.45) is 28.1 Å². The minimum absolute atomic E-state index is 0.0519. The Bertz CT molecular complexity index is 1080. The van der Waals surface area contributed by atoms with E-state index in [1.54, 1.807) is 32.3 Å². The van der Waals surface area contributed by atoms with Crippen LogP contribution in [0.15, 0.2) is 35.2 Å². The van der Waals surface area contributed by atoms with Crippen LogP contribution in [0.3, 0.4) is 0 Å². The summed E-state index contributed by atoms with van der Waals surface area (Å²) in [6, 6.07) is 1.76. The molecule has 2 aliphatic heterocycles. The number of fused-ring (bicyclic) bond motifs is 1. The fourth-order valence-electron chi connectivity index (χ4n) is 8.15. The van der Waals surface area contributed by atoms with E-state index in [1.807, 2.05) is 20.8 Å². The maximum atomic E-state index is 14.1. The Morgan fingerprint density at radius 2 is 1.91 bits per heavy atom. The highest BCUT2D eigenvalue weighted by atomic mass is 16.7. The zero-order valence-electron chi connectivity index (χ0n) is 20.2. The third-order valence-corrected chi connectivity index (χ3v) is 9.67. The Morgan fingerprint density at radius 3 is 2.50 bits per heavy atom. The highest BCUT2D eigenvalue weighted by Gasteiger charge is 2.88. The van der Waals surface area contributed by atoms with E-state index in [2.05, 4.69) is 0 Å². The van der Waals surface area contributed by atoms with E-state index in [4.69, 9.17) is 13.9 Å². The first-order valence-electron chi connectivity index (χ1n) is 11.8. The van der Waals surface area contributed by atoms with Crippen molar-refractivity contribution in [3.05, 3.63) is 36.3 Å². The van der Waals surface area contributed by atoms with Gasteiger partial charge in [-0.05, 0) is 51.0 Å². The molecule has 2 saturated heterocycles. The maximum Gasteiger partial charge on any atom is 0.339 e. The summed E-state index contributed by atoms with van der Waals surface area (Å²) in [6.45, 7) is 9.13. The summed E-state index contributed by atoms with van der Waals surface area (Å²) in [5.74, 6) is -2.50. The van der Waals surface area contributed by atoms with Crippen LogP contribution in [-0.4, -0.2) is 45.2 Å². The van der Waals surface area contributed by atoms with Gasteiger partial charge in [0.2, 0.25) is 0 Å². The van der Waals surface area contributed by atoms with Gasteiger partial charge in [0.05, 0.1) is 23.5 Å². The molecule has 1 aromatic heterocycles. The zero-order chi connectivity index (χ0) is 24.9. The van der Waals surface area contributed by atoms with Crippen molar-refractivity contribution in [2.45, 2.75) is 77.3 Å². The maximum absolute atomic E-state index is 14.1. The molecule has 0 radical (unpaired) electrons. The number of carboxylic acid groups (broad SMARTS) is 1. The Balaban J connectivity index is 1.69. The lowest BCUT2D eigenvalue weighted by atomic mass is 9.37. The summed E-state index contributed by atoms with van der Waals surface area (Å²) in [5, 5.41) is 20.5. The van der Waals surface area contributed by atoms with Gasteiger partial charge in [0.15, 0.2) is 6.10 Å². The summed E-state index contributed by atoms with van der Waals surface area (Å²) in [5.41, 5.74) is -4.17. The normalized spacial score (nSPS) is 45.8. The molecule has 3 heterocycles. The van der Waals surface area contributed by atoms with Gasteiger partial charge in [-0.15, -0.1) is 0 Å². The molecule has 8 atom stereocenters. The lowest BCUT2D eigenvalue weighted by Gasteiger charge is -2.65. The highest BCUT2D eigenvalue weighted by molar-refractivity contribution is 5.93. The number of esters is 1. The number of carbonyl (C=O) groups excluding carboxylic acids is 2. The number of ether oxygens (including phenoxy) is 2. The summed E-state index contributed by atoms with van der Waals surface area (Å²) in [6.07, 6.45) is 5.56. The number of allylic oxidation sites excluding steroid dienone is 1. The van der Waals surface area contributed by atoms with Crippen molar-refractivity contribution in [3.63, 3.8) is 0 Å². The molecule has 34 heavy (non-hydrogen) atoms. The molecule has 8 unspecified atom stereocenters. The topological polar surface area (TPSA) is 127 Å². The second-order valence-electron chi connectivity index (χ2n) is 11.7. The standard InChI is InChI=1S/C26H32O8/c1-22(2,31)16-12-17(27)25(5)15(23(16,3)9-7-18(28)29)6-10-24(4)19(14-8-11-32-13-14)33-21(30)20-26(24,25)34-20/h7-9,11,13,15-16,19-20,31H,6,10,12H2,1-5H3,(H,28,29)/b9-7+. The first-order valence-corrected chi connectivity index (χ1v) is 11.8. The van der Waals surface area contributed by atoms with Gasteiger partial charge in [-0.25, -0.2) is 9.59 Å². The summed E-state index contributed by atoms with van der Waals surface area (Å²) in [4.78, 5) is 38.6. The number of Topliss-reactive ketones (excluding diaryl/α,β-unsaturated/α-hetero) is 1. The highest BCUT2D eigenvalue weighted by Crippen LogP contribution is 2.78. The minimum Gasteiger partial charge on any atom is -0.478 e. The Labute approximate surface area is 198 Å². The lowest BCUT2D eigenvalue weighted by molar-refractivity contribution is -0.213. The lowest BCUT2D eigenvalue weighted by Crippen LogP contribution is -2.71. The largest absolute Gasteiger partial charge is 0.478 e. The van der Waals surface area contributed by atoms with Gasteiger partial charge in [0, 0.05) is 29.4 Å². The van der Waals surface area contributed by atoms with E-state index in [-0.39, 0.29) is 18.1 Å². The van der Waals surface area contributed by atoms with Crippen LogP contribution in [0.4, 0.5) is 0 Å². The first-order chi connectivity index (χ1) is 15.7. The molecule has 5 rings (SSSR count). The number of epoxide rings is 1. The Hall–Kier alpha value is -2.45. The molecule has 8 heteroatoms. The summed E-state index contributed by atoms with van der Waals surface area (Å²) >= 11 is 0. The van der Waals surface area contributed by atoms with Gasteiger partial charge in [0.25, 0.3) is 0 Å². The molecule has 8 nitrogen and oxygen atoms in total. The van der Waals surface area contributed by atoms with Crippen molar-refractivity contribution in [1.82, 2.24) is 0 Å². The summed E-state index contributed by atoms with van der Waals surface area (Å²) < 4.78 is 17.4. The quantitative estimate of drug-likeness (QED) is 0.388. The van der Waals surface area contributed by atoms with Crippen LogP contribution in [0.25, 0.3) is 0 Å². The number of furan rings is 1. The van der Waals surface area contributed by atoms with Gasteiger partial charge in [-0.2, -0.15) is 0 Å². The molecule has 4 fully saturated rings. The molecular weight excluding hydrogens is 440 g/mol. The van der Waals surface area contributed by atoms with Crippen molar-refractivity contribution in [3.8, 4) is 0 Å². The number of carbonyl (C=O) groups is 3. The predicted octanol–water partition coefficient (Wildman–Crippen LogP) is 3.44. The van der Waals surface area contributed by atoms with Gasteiger partial charge in [0.1, 0.15) is 17.5 Å². The number of cyclic esters (lactones) is 1. The van der Waals surface area contributed by atoms with Crippen LogP contribution >= 0.6 is 0 Å². The molecule has 0 aromatic carbocycles. The van der Waals surface area contributed by atoms with Crippen LogP contribution in [0.2, 0.25) is 0 Å². The van der Waals surface area contributed by atoms with E-state index >= 15 is 0 Å². The third kappa shape index (κ3) is 2.64. The number of aliphatic hydroxyl groups is 1. The Morgan fingerprint density at radius 1 is 1.21 bits per heavy atom. The summed E-state index contributed by atoms with van der Waals surface area (Å²) in [7, 11) is 0. The van der Waals surface area contributed by atoms with Crippen LogP contribution in [-0.2, 0) is 23.9 Å². The third-order valence-electron chi connectivity index (χ3n) is 9.67. The number of rotatable bonds is 4. The zero-order valence-corrected chi connectivity index (χ0v) is 20.2. The van der Waals surface area contributed by atoms with Crippen molar-refractivity contribution in [2.75, 3.05) is 0 Å². The van der Waals surface area contributed by atoms with Crippen LogP contribution in [0.1, 0.15) is 65.5 Å². The molecule has 2 aliphatic carbocycles.